The van der Waals surface area contributed by atoms with Gasteiger partial charge in [0, 0.05) is 17.2 Å². The van der Waals surface area contributed by atoms with E-state index in [2.05, 4.69) is 0 Å². The van der Waals surface area contributed by atoms with Gasteiger partial charge >= 0.3 is 5.97 Å². The molecule has 0 fully saturated rings. The van der Waals surface area contributed by atoms with Gasteiger partial charge in [-0.2, -0.15) is 0 Å². The number of carbonyl (C=O) groups is 1. The molecule has 0 aliphatic carbocycles. The lowest BCUT2D eigenvalue weighted by Gasteiger charge is -2.18. The smallest absolute Gasteiger partial charge is 0.343 e. The third kappa shape index (κ3) is 4.42. The van der Waals surface area contributed by atoms with Crippen LogP contribution in [0.1, 0.15) is 54.6 Å². The van der Waals surface area contributed by atoms with Crippen LogP contribution in [0.15, 0.2) is 18.2 Å². The van der Waals surface area contributed by atoms with Crippen molar-refractivity contribution in [2.45, 2.75) is 46.0 Å². The van der Waals surface area contributed by atoms with Crippen molar-refractivity contribution < 1.29 is 34.7 Å². The summed E-state index contributed by atoms with van der Waals surface area (Å²) in [4.78, 5) is 12.6. The Labute approximate surface area is 163 Å². The molecule has 28 heavy (non-hydrogen) atoms. The summed E-state index contributed by atoms with van der Waals surface area (Å²) in [6.07, 6.45) is 3.76. The normalized spacial score (nSPS) is 10.7. The van der Waals surface area contributed by atoms with E-state index in [1.165, 1.54) is 13.2 Å². The van der Waals surface area contributed by atoms with Gasteiger partial charge in [-0.3, -0.25) is 0 Å². The number of unbranched alkanes of at least 4 members (excludes halogenated alkanes) is 1. The molecule has 152 valence electrons. The van der Waals surface area contributed by atoms with E-state index in [4.69, 9.17) is 9.47 Å². The van der Waals surface area contributed by atoms with Crippen LogP contribution in [0.2, 0.25) is 0 Å². The number of hydrogen-bond donors (Lipinski definition) is 4. The molecule has 2 aromatic rings. The van der Waals surface area contributed by atoms with Gasteiger partial charge < -0.3 is 29.9 Å². The van der Waals surface area contributed by atoms with E-state index < -0.39 is 23.2 Å². The van der Waals surface area contributed by atoms with Crippen molar-refractivity contribution in [3.8, 4) is 34.5 Å². The summed E-state index contributed by atoms with van der Waals surface area (Å²) in [5, 5.41) is 39.2. The average Bonchev–Trinajstić information content (AvgIpc) is 2.67. The molecule has 0 aliphatic heterocycles. The molecule has 7 nitrogen and oxygen atoms in total. The molecule has 0 amide bonds. The van der Waals surface area contributed by atoms with Crippen molar-refractivity contribution in [3.63, 3.8) is 0 Å². The summed E-state index contributed by atoms with van der Waals surface area (Å²) in [5.41, 5.74) is 1.27. The molecule has 4 N–H and O–H groups in total. The monoisotopic (exact) mass is 390 g/mol. The third-order valence-corrected chi connectivity index (χ3v) is 4.45. The van der Waals surface area contributed by atoms with E-state index in [0.29, 0.717) is 18.4 Å². The summed E-state index contributed by atoms with van der Waals surface area (Å²) < 4.78 is 10.7. The van der Waals surface area contributed by atoms with Crippen LogP contribution in [0.5, 0.6) is 34.5 Å². The van der Waals surface area contributed by atoms with Crippen LogP contribution in [0.4, 0.5) is 0 Å². The first-order chi connectivity index (χ1) is 13.3. The molecule has 0 saturated heterocycles. The molecular weight excluding hydrogens is 364 g/mol. The minimum Gasteiger partial charge on any atom is -0.504 e. The number of aromatic hydroxyl groups is 4. The first kappa shape index (κ1) is 21.2. The van der Waals surface area contributed by atoms with Gasteiger partial charge in [0.2, 0.25) is 0 Å². The lowest BCUT2D eigenvalue weighted by Crippen LogP contribution is -2.11. The Bertz CT molecular complexity index is 835. The highest BCUT2D eigenvalue weighted by atomic mass is 16.5. The lowest BCUT2D eigenvalue weighted by atomic mass is 9.96. The number of methoxy groups -OCH3 is 1. The lowest BCUT2D eigenvalue weighted by molar-refractivity contribution is 0.0731. The van der Waals surface area contributed by atoms with E-state index in [1.807, 2.05) is 13.8 Å². The van der Waals surface area contributed by atoms with Crippen molar-refractivity contribution in [2.75, 3.05) is 7.11 Å². The van der Waals surface area contributed by atoms with Gasteiger partial charge in [-0.15, -0.1) is 0 Å². The first-order valence-corrected chi connectivity index (χ1v) is 9.22. The molecule has 7 heteroatoms. The molecule has 0 spiro atoms. The highest BCUT2D eigenvalue weighted by Gasteiger charge is 2.22. The standard InChI is InChI=1S/C21H26O7/c1-4-6-8-14-13(7-5-2)17(11-18(27-3)19(14)24)28-21(26)12-9-15(22)20(25)16(23)10-12/h9-11,22-25H,4-8H2,1-3H3. The van der Waals surface area contributed by atoms with E-state index in [-0.39, 0.29) is 22.8 Å². The number of ether oxygens (including phenoxy) is 2. The molecule has 0 unspecified atom stereocenters. The Morgan fingerprint density at radius 2 is 1.50 bits per heavy atom. The predicted octanol–water partition coefficient (Wildman–Crippen LogP) is 4.03. The maximum atomic E-state index is 12.6. The van der Waals surface area contributed by atoms with Crippen LogP contribution in [-0.2, 0) is 12.8 Å². The summed E-state index contributed by atoms with van der Waals surface area (Å²) >= 11 is 0. The number of benzene rings is 2. The Hall–Kier alpha value is -3.09. The van der Waals surface area contributed by atoms with Crippen LogP contribution >= 0.6 is 0 Å². The van der Waals surface area contributed by atoms with E-state index >= 15 is 0 Å². The molecule has 2 rings (SSSR count). The third-order valence-electron chi connectivity index (χ3n) is 4.45. The van der Waals surface area contributed by atoms with Crippen LogP contribution in [0.25, 0.3) is 0 Å². The zero-order chi connectivity index (χ0) is 20.8. The summed E-state index contributed by atoms with van der Waals surface area (Å²) in [6, 6.07) is 3.47. The zero-order valence-electron chi connectivity index (χ0n) is 16.3. The maximum absolute atomic E-state index is 12.6. The van der Waals surface area contributed by atoms with Gasteiger partial charge in [0.1, 0.15) is 5.75 Å². The van der Waals surface area contributed by atoms with Crippen molar-refractivity contribution in [3.05, 3.63) is 34.9 Å². The molecule has 0 atom stereocenters. The second-order valence-electron chi connectivity index (χ2n) is 6.49. The minimum atomic E-state index is -0.822. The van der Waals surface area contributed by atoms with E-state index in [9.17, 15) is 25.2 Å². The van der Waals surface area contributed by atoms with Crippen LogP contribution < -0.4 is 9.47 Å². The number of carbonyl (C=O) groups excluding carboxylic acids is 1. The van der Waals surface area contributed by atoms with Crippen molar-refractivity contribution >= 4 is 5.97 Å². The number of esters is 1. The van der Waals surface area contributed by atoms with E-state index in [0.717, 1.165) is 37.0 Å². The molecule has 0 aromatic heterocycles. The average molecular weight is 390 g/mol. The molecule has 0 aliphatic rings. The number of rotatable bonds is 8. The molecule has 0 heterocycles. The van der Waals surface area contributed by atoms with Crippen LogP contribution in [0, 0.1) is 0 Å². The Balaban J connectivity index is 2.49. The SMILES string of the molecule is CCCCc1c(O)c(OC)cc(OC(=O)c2cc(O)c(O)c(O)c2)c1CCC. The summed E-state index contributed by atoms with van der Waals surface area (Å²) in [5.74, 6) is -2.31. The van der Waals surface area contributed by atoms with E-state index in [1.54, 1.807) is 0 Å². The largest absolute Gasteiger partial charge is 0.504 e. The first-order valence-electron chi connectivity index (χ1n) is 9.22. The predicted molar refractivity (Wildman–Crippen MR) is 104 cm³/mol. The number of hydrogen-bond acceptors (Lipinski definition) is 7. The van der Waals surface area contributed by atoms with Crippen molar-refractivity contribution in [2.24, 2.45) is 0 Å². The topological polar surface area (TPSA) is 116 Å². The van der Waals surface area contributed by atoms with Gasteiger partial charge in [-0.05, 0) is 31.4 Å². The highest BCUT2D eigenvalue weighted by molar-refractivity contribution is 5.93. The molecule has 0 radical (unpaired) electrons. The number of phenols is 4. The van der Waals surface area contributed by atoms with Gasteiger partial charge in [0.05, 0.1) is 12.7 Å². The summed E-state index contributed by atoms with van der Waals surface area (Å²) in [7, 11) is 1.42. The molecule has 0 saturated carbocycles. The van der Waals surface area contributed by atoms with Gasteiger partial charge in [-0.1, -0.05) is 26.7 Å². The zero-order valence-corrected chi connectivity index (χ0v) is 16.3. The molecular formula is C21H26O7. The minimum absolute atomic E-state index is 0.0409. The maximum Gasteiger partial charge on any atom is 0.343 e. The molecule has 0 bridgehead atoms. The van der Waals surface area contributed by atoms with Gasteiger partial charge in [-0.25, -0.2) is 4.79 Å². The second kappa shape index (κ2) is 9.21. The molecule has 2 aromatic carbocycles. The highest BCUT2D eigenvalue weighted by Crippen LogP contribution is 2.41. The van der Waals surface area contributed by atoms with Crippen LogP contribution in [0.3, 0.4) is 0 Å². The summed E-state index contributed by atoms with van der Waals surface area (Å²) in [6.45, 7) is 4.02. The number of phenolic OH excluding ortho intramolecular Hbond substituents is 4. The van der Waals surface area contributed by atoms with Gasteiger partial charge in [0.25, 0.3) is 0 Å². The fraction of sp³-hybridized carbons (Fsp3) is 0.381. The van der Waals surface area contributed by atoms with Crippen molar-refractivity contribution in [1.82, 2.24) is 0 Å². The second-order valence-corrected chi connectivity index (χ2v) is 6.49. The van der Waals surface area contributed by atoms with Gasteiger partial charge in [0.15, 0.2) is 28.7 Å². The quantitative estimate of drug-likeness (QED) is 0.305. The Kier molecular flexibility index (Phi) is 6.98. The fourth-order valence-corrected chi connectivity index (χ4v) is 2.99. The Morgan fingerprint density at radius 1 is 0.857 bits per heavy atom. The fourth-order valence-electron chi connectivity index (χ4n) is 2.99. The van der Waals surface area contributed by atoms with Crippen LogP contribution in [-0.4, -0.2) is 33.5 Å². The van der Waals surface area contributed by atoms with Crippen molar-refractivity contribution in [1.29, 1.82) is 0 Å². The Morgan fingerprint density at radius 3 is 2.04 bits per heavy atom.